The second-order valence-electron chi connectivity index (χ2n) is 7.42. The van der Waals surface area contributed by atoms with Gasteiger partial charge >= 0.3 is 0 Å². The van der Waals surface area contributed by atoms with Gasteiger partial charge in [-0.15, -0.1) is 0 Å². The second-order valence-corrected chi connectivity index (χ2v) is 8.46. The zero-order valence-electron chi connectivity index (χ0n) is 15.1. The molecule has 7 heteroatoms. The summed E-state index contributed by atoms with van der Waals surface area (Å²) in [6.07, 6.45) is 8.43. The molecule has 0 atom stereocenters. The second kappa shape index (κ2) is 6.96. The third kappa shape index (κ3) is 3.83. The number of benzene rings is 1. The van der Waals surface area contributed by atoms with Crippen LogP contribution in [0.2, 0.25) is 0 Å². The molecule has 5 rings (SSSR count). The maximum atomic E-state index is 5.78. The van der Waals surface area contributed by atoms with E-state index in [-0.39, 0.29) is 0 Å². The Hall–Kier alpha value is -2.41. The highest BCUT2D eigenvalue weighted by atomic mass is 32.2. The molecule has 3 N–H and O–H groups in total. The summed E-state index contributed by atoms with van der Waals surface area (Å²) < 4.78 is 0. The molecule has 0 amide bonds. The molecular formula is C20H22N6S. The first-order chi connectivity index (χ1) is 13.2. The average Bonchev–Trinajstić information content (AvgIpc) is 3.37. The van der Waals surface area contributed by atoms with Crippen LogP contribution in [0.25, 0.3) is 0 Å². The Morgan fingerprint density at radius 1 is 0.963 bits per heavy atom. The van der Waals surface area contributed by atoms with Gasteiger partial charge in [-0.1, -0.05) is 6.42 Å². The predicted octanol–water partition coefficient (Wildman–Crippen LogP) is 4.03. The maximum absolute atomic E-state index is 5.78. The molecule has 1 aliphatic heterocycles. The maximum Gasteiger partial charge on any atom is 0.232 e. The summed E-state index contributed by atoms with van der Waals surface area (Å²) in [5.41, 5.74) is 7.97. The highest BCUT2D eigenvalue weighted by Crippen LogP contribution is 2.39. The van der Waals surface area contributed by atoms with E-state index in [1.807, 2.05) is 24.3 Å². The van der Waals surface area contributed by atoms with Crippen LogP contribution in [0.4, 0.5) is 11.6 Å². The van der Waals surface area contributed by atoms with Crippen LogP contribution >= 0.6 is 11.8 Å². The van der Waals surface area contributed by atoms with Gasteiger partial charge in [-0.3, -0.25) is 4.99 Å². The van der Waals surface area contributed by atoms with Crippen LogP contribution < -0.4 is 11.1 Å². The SMILES string of the molecule is Nc1ccc(Sc2nc(NC3=NCC(C4CCC4)=C3)nc(C3CC3)n2)cc1. The average molecular weight is 379 g/mol. The summed E-state index contributed by atoms with van der Waals surface area (Å²) >= 11 is 1.53. The van der Waals surface area contributed by atoms with Crippen molar-refractivity contribution in [3.8, 4) is 0 Å². The molecule has 2 saturated carbocycles. The van der Waals surface area contributed by atoms with Crippen LogP contribution in [0, 0.1) is 5.92 Å². The lowest BCUT2D eigenvalue weighted by Gasteiger charge is -2.26. The van der Waals surface area contributed by atoms with Crippen molar-refractivity contribution in [2.24, 2.45) is 10.9 Å². The minimum Gasteiger partial charge on any atom is -0.399 e. The first-order valence-electron chi connectivity index (χ1n) is 9.54. The van der Waals surface area contributed by atoms with Gasteiger partial charge in [0.2, 0.25) is 5.95 Å². The van der Waals surface area contributed by atoms with Gasteiger partial charge in [-0.25, -0.2) is 4.98 Å². The van der Waals surface area contributed by atoms with Crippen LogP contribution in [0.1, 0.15) is 43.8 Å². The van der Waals surface area contributed by atoms with Gasteiger partial charge in [0.1, 0.15) is 11.7 Å². The fourth-order valence-corrected chi connectivity index (χ4v) is 4.05. The van der Waals surface area contributed by atoms with Gasteiger partial charge in [0, 0.05) is 16.5 Å². The molecule has 3 aliphatic rings. The largest absolute Gasteiger partial charge is 0.399 e. The highest BCUT2D eigenvalue weighted by molar-refractivity contribution is 7.99. The summed E-state index contributed by atoms with van der Waals surface area (Å²) in [5.74, 6) is 3.53. The lowest BCUT2D eigenvalue weighted by atomic mass is 9.80. The lowest BCUT2D eigenvalue weighted by Crippen LogP contribution is -2.15. The molecule has 2 aromatic rings. The van der Waals surface area contributed by atoms with Crippen LogP contribution in [0.15, 0.2) is 51.0 Å². The molecule has 6 nitrogen and oxygen atoms in total. The van der Waals surface area contributed by atoms with Gasteiger partial charge in [0.25, 0.3) is 0 Å². The Kier molecular flexibility index (Phi) is 4.32. The topological polar surface area (TPSA) is 89.1 Å². The number of nitrogens with one attached hydrogen (secondary N) is 1. The molecule has 2 aliphatic carbocycles. The standard InChI is InChI=1S/C20H22N6S/c21-15-6-8-16(9-7-15)27-20-25-18(13-4-5-13)24-19(26-20)23-17-10-14(11-22-17)12-2-1-3-12/h6-10,12-13H,1-5,11,21H2,(H,22,23,24,25,26). The molecule has 138 valence electrons. The van der Waals surface area contributed by atoms with Crippen molar-refractivity contribution >= 4 is 29.2 Å². The van der Waals surface area contributed by atoms with Crippen molar-refractivity contribution in [1.82, 2.24) is 15.0 Å². The third-order valence-electron chi connectivity index (χ3n) is 5.29. The summed E-state index contributed by atoms with van der Waals surface area (Å²) in [6.45, 7) is 0.806. The van der Waals surface area contributed by atoms with Crippen LogP contribution in [0.3, 0.4) is 0 Å². The number of anilines is 2. The number of hydrogen-bond acceptors (Lipinski definition) is 7. The number of aromatic nitrogens is 3. The number of rotatable bonds is 5. The summed E-state index contributed by atoms with van der Waals surface area (Å²) in [4.78, 5) is 19.6. The molecule has 0 bridgehead atoms. The van der Waals surface area contributed by atoms with Gasteiger partial charge in [-0.2, -0.15) is 9.97 Å². The fourth-order valence-electron chi connectivity index (χ4n) is 3.30. The lowest BCUT2D eigenvalue weighted by molar-refractivity contribution is 0.366. The molecule has 0 spiro atoms. The van der Waals surface area contributed by atoms with Crippen molar-refractivity contribution in [3.05, 3.63) is 41.7 Å². The molecule has 0 saturated heterocycles. The van der Waals surface area contributed by atoms with E-state index >= 15 is 0 Å². The van der Waals surface area contributed by atoms with E-state index in [9.17, 15) is 0 Å². The number of nitrogen functional groups attached to an aromatic ring is 1. The summed E-state index contributed by atoms with van der Waals surface area (Å²) in [5, 5.41) is 4.02. The Bertz CT molecular complexity index is 913. The number of nitrogens with two attached hydrogens (primary N) is 1. The Labute approximate surface area is 162 Å². The molecule has 1 aromatic carbocycles. The molecule has 2 heterocycles. The van der Waals surface area contributed by atoms with Crippen LogP contribution in [-0.2, 0) is 0 Å². The minimum atomic E-state index is 0.464. The van der Waals surface area contributed by atoms with Gasteiger partial charge in [0.05, 0.1) is 6.54 Å². The van der Waals surface area contributed by atoms with E-state index in [4.69, 9.17) is 5.73 Å². The quantitative estimate of drug-likeness (QED) is 0.764. The van der Waals surface area contributed by atoms with Crippen molar-refractivity contribution in [1.29, 1.82) is 0 Å². The first kappa shape index (κ1) is 16.7. The number of hydrogen-bond donors (Lipinski definition) is 2. The molecule has 2 fully saturated rings. The molecule has 27 heavy (non-hydrogen) atoms. The van der Waals surface area contributed by atoms with E-state index in [0.717, 1.165) is 47.5 Å². The smallest absolute Gasteiger partial charge is 0.232 e. The minimum absolute atomic E-state index is 0.464. The monoisotopic (exact) mass is 378 g/mol. The van der Waals surface area contributed by atoms with E-state index in [1.165, 1.54) is 36.6 Å². The molecule has 0 unspecified atom stereocenters. The normalized spacial score (nSPS) is 19.4. The Balaban J connectivity index is 1.36. The molecule has 1 aromatic heterocycles. The Morgan fingerprint density at radius 2 is 1.78 bits per heavy atom. The third-order valence-corrected chi connectivity index (χ3v) is 6.16. The predicted molar refractivity (Wildman–Crippen MR) is 108 cm³/mol. The number of aliphatic imine (C=N–C) groups is 1. The van der Waals surface area contributed by atoms with Crippen molar-refractivity contribution in [2.75, 3.05) is 17.6 Å². The van der Waals surface area contributed by atoms with Gasteiger partial charge < -0.3 is 11.1 Å². The van der Waals surface area contributed by atoms with Crippen LogP contribution in [-0.4, -0.2) is 27.3 Å². The first-order valence-corrected chi connectivity index (χ1v) is 10.4. The van der Waals surface area contributed by atoms with E-state index in [2.05, 4.69) is 31.3 Å². The van der Waals surface area contributed by atoms with Crippen LogP contribution in [0.5, 0.6) is 0 Å². The molecule has 0 radical (unpaired) electrons. The summed E-state index contributed by atoms with van der Waals surface area (Å²) in [6, 6.07) is 7.76. The number of amidine groups is 1. The van der Waals surface area contributed by atoms with E-state index in [1.54, 1.807) is 0 Å². The van der Waals surface area contributed by atoms with E-state index < -0.39 is 0 Å². The van der Waals surface area contributed by atoms with E-state index in [0.29, 0.717) is 17.0 Å². The fraction of sp³-hybridized carbons (Fsp3) is 0.400. The number of nitrogens with zero attached hydrogens (tertiary/aromatic N) is 4. The van der Waals surface area contributed by atoms with Crippen molar-refractivity contribution in [3.63, 3.8) is 0 Å². The summed E-state index contributed by atoms with van der Waals surface area (Å²) in [7, 11) is 0. The zero-order chi connectivity index (χ0) is 18.2. The van der Waals surface area contributed by atoms with Gasteiger partial charge in [0.15, 0.2) is 5.16 Å². The zero-order valence-corrected chi connectivity index (χ0v) is 15.9. The van der Waals surface area contributed by atoms with Crippen molar-refractivity contribution in [2.45, 2.75) is 48.1 Å². The molecular weight excluding hydrogens is 356 g/mol. The Morgan fingerprint density at radius 3 is 2.48 bits per heavy atom. The van der Waals surface area contributed by atoms with Crippen molar-refractivity contribution < 1.29 is 0 Å². The highest BCUT2D eigenvalue weighted by Gasteiger charge is 2.28. The van der Waals surface area contributed by atoms with Gasteiger partial charge in [-0.05, 0) is 79.3 Å².